The molecule has 0 atom stereocenters. The Morgan fingerprint density at radius 1 is 0.435 bits per heavy atom. The maximum absolute atomic E-state index is 13.8. The largest absolute Gasteiger partial charge is 0.456 e. The van der Waals surface area contributed by atoms with E-state index in [1.165, 1.54) is 0 Å². The molecule has 0 amide bonds. The Bertz CT molecular complexity index is 2600. The van der Waals surface area contributed by atoms with Crippen LogP contribution in [-0.4, -0.2) is 23.4 Å². The lowest BCUT2D eigenvalue weighted by molar-refractivity contribution is 0.598. The molecule has 0 fully saturated rings. The van der Waals surface area contributed by atoms with Crippen molar-refractivity contribution < 1.29 is 12.8 Å². The molecule has 6 aromatic carbocycles. The van der Waals surface area contributed by atoms with Gasteiger partial charge in [0.05, 0.1) is 9.79 Å². The molecule has 9 rings (SSSR count). The van der Waals surface area contributed by atoms with Crippen molar-refractivity contribution in [2.45, 2.75) is 9.79 Å². The van der Waals surface area contributed by atoms with Crippen molar-refractivity contribution in [1.82, 2.24) is 15.0 Å². The van der Waals surface area contributed by atoms with E-state index in [2.05, 4.69) is 0 Å². The fourth-order valence-corrected chi connectivity index (χ4v) is 8.00. The average Bonchev–Trinajstić information content (AvgIpc) is 3.60. The summed E-state index contributed by atoms with van der Waals surface area (Å²) in [5.41, 5.74) is 6.92. The highest BCUT2D eigenvalue weighted by atomic mass is 32.2. The number of hydrogen-bond donors (Lipinski definition) is 0. The van der Waals surface area contributed by atoms with Gasteiger partial charge in [-0.2, -0.15) is 0 Å². The van der Waals surface area contributed by atoms with E-state index in [0.29, 0.717) is 34.2 Å². The molecule has 0 spiro atoms. The van der Waals surface area contributed by atoms with Crippen LogP contribution in [-0.2, 0) is 9.84 Å². The molecule has 1 aliphatic heterocycles. The SMILES string of the molecule is O=S1(=O)c2ccc(-c3ccccc3)cc2-c2c(-c3nc(-c4ccccc4)nc(-c4ccc5c(c4)oc4ccccc45)n3)cccc21. The van der Waals surface area contributed by atoms with Crippen LogP contribution >= 0.6 is 0 Å². The van der Waals surface area contributed by atoms with Crippen molar-refractivity contribution in [2.24, 2.45) is 0 Å². The number of furan rings is 1. The summed E-state index contributed by atoms with van der Waals surface area (Å²) < 4.78 is 33.8. The van der Waals surface area contributed by atoms with Gasteiger partial charge in [0.25, 0.3) is 0 Å². The van der Waals surface area contributed by atoms with E-state index in [1.807, 2.05) is 121 Å². The van der Waals surface area contributed by atoms with Gasteiger partial charge >= 0.3 is 0 Å². The van der Waals surface area contributed by atoms with Crippen LogP contribution in [0.3, 0.4) is 0 Å². The summed E-state index contributed by atoms with van der Waals surface area (Å²) in [5.74, 6) is 1.34. The lowest BCUT2D eigenvalue weighted by Crippen LogP contribution is -2.01. The highest BCUT2D eigenvalue weighted by molar-refractivity contribution is 7.92. The zero-order valence-corrected chi connectivity index (χ0v) is 25.1. The third-order valence-corrected chi connectivity index (χ3v) is 10.4. The quantitative estimate of drug-likeness (QED) is 0.197. The highest BCUT2D eigenvalue weighted by Gasteiger charge is 2.35. The van der Waals surface area contributed by atoms with Crippen LogP contribution in [0.25, 0.3) is 78.4 Å². The molecule has 3 heterocycles. The van der Waals surface area contributed by atoms with Gasteiger partial charge in [0.15, 0.2) is 17.5 Å². The van der Waals surface area contributed by atoms with E-state index < -0.39 is 9.84 Å². The van der Waals surface area contributed by atoms with Gasteiger partial charge in [-0.3, -0.25) is 0 Å². The van der Waals surface area contributed by atoms with Crippen LogP contribution in [0.2, 0.25) is 0 Å². The average molecular weight is 614 g/mol. The van der Waals surface area contributed by atoms with Crippen LogP contribution in [0.5, 0.6) is 0 Å². The summed E-state index contributed by atoms with van der Waals surface area (Å²) in [7, 11) is -3.74. The topological polar surface area (TPSA) is 86.0 Å². The van der Waals surface area contributed by atoms with Crippen LogP contribution < -0.4 is 0 Å². The van der Waals surface area contributed by atoms with Crippen molar-refractivity contribution >= 4 is 31.8 Å². The molecule has 0 unspecified atom stereocenters. The lowest BCUT2D eigenvalue weighted by Gasteiger charge is -2.12. The van der Waals surface area contributed by atoms with Gasteiger partial charge in [-0.05, 0) is 47.5 Å². The predicted molar refractivity (Wildman–Crippen MR) is 180 cm³/mol. The fourth-order valence-electron chi connectivity index (χ4n) is 6.31. The van der Waals surface area contributed by atoms with E-state index in [0.717, 1.165) is 44.2 Å². The summed E-state index contributed by atoms with van der Waals surface area (Å²) in [5, 5.41) is 2.05. The van der Waals surface area contributed by atoms with Crippen LogP contribution in [0.15, 0.2) is 154 Å². The summed E-state index contributed by atoms with van der Waals surface area (Å²) in [4.78, 5) is 15.3. The lowest BCUT2D eigenvalue weighted by atomic mass is 9.95. The van der Waals surface area contributed by atoms with Gasteiger partial charge in [0.2, 0.25) is 9.84 Å². The minimum atomic E-state index is -3.74. The minimum absolute atomic E-state index is 0.247. The number of nitrogens with zero attached hydrogens (tertiary/aromatic N) is 3. The molecular weight excluding hydrogens is 591 g/mol. The molecule has 7 heteroatoms. The molecule has 0 bridgehead atoms. The van der Waals surface area contributed by atoms with Crippen molar-refractivity contribution in [3.63, 3.8) is 0 Å². The summed E-state index contributed by atoms with van der Waals surface area (Å²) >= 11 is 0. The molecule has 8 aromatic rings. The Morgan fingerprint density at radius 2 is 1.09 bits per heavy atom. The second-order valence-corrected chi connectivity index (χ2v) is 13.1. The first-order valence-electron chi connectivity index (χ1n) is 14.9. The molecule has 0 saturated carbocycles. The maximum atomic E-state index is 13.8. The van der Waals surface area contributed by atoms with Gasteiger partial charge in [-0.25, -0.2) is 23.4 Å². The molecule has 0 radical (unpaired) electrons. The molecule has 0 aliphatic carbocycles. The molecule has 46 heavy (non-hydrogen) atoms. The third kappa shape index (κ3) is 4.09. The Labute approximate surface area is 264 Å². The van der Waals surface area contributed by atoms with Crippen molar-refractivity contribution in [2.75, 3.05) is 0 Å². The van der Waals surface area contributed by atoms with Crippen LogP contribution in [0.1, 0.15) is 0 Å². The standard InChI is InChI=1S/C39H23N3O3S/c43-46(44)34-21-19-26(24-10-3-1-4-11-24)22-31(34)36-30(15-9-17-35(36)46)39-41-37(25-12-5-2-6-13-25)40-38(42-39)27-18-20-29-28-14-7-8-16-32(28)45-33(29)23-27/h1-23H. The summed E-state index contributed by atoms with van der Waals surface area (Å²) in [6.07, 6.45) is 0. The molecule has 0 saturated heterocycles. The van der Waals surface area contributed by atoms with Gasteiger partial charge in [0, 0.05) is 38.6 Å². The number of rotatable bonds is 4. The van der Waals surface area contributed by atoms with E-state index in [-0.39, 0.29) is 9.79 Å². The Hall–Kier alpha value is -5.92. The highest BCUT2D eigenvalue weighted by Crippen LogP contribution is 2.48. The summed E-state index contributed by atoms with van der Waals surface area (Å²) in [6, 6.07) is 44.4. The van der Waals surface area contributed by atoms with E-state index in [1.54, 1.807) is 18.2 Å². The normalized spacial score (nSPS) is 13.1. The third-order valence-electron chi connectivity index (χ3n) is 8.51. The predicted octanol–water partition coefficient (Wildman–Crippen LogP) is 9.25. The number of fused-ring (bicyclic) bond motifs is 6. The Kier molecular flexibility index (Phi) is 5.79. The van der Waals surface area contributed by atoms with Gasteiger partial charge in [0.1, 0.15) is 11.2 Å². The molecule has 1 aliphatic rings. The van der Waals surface area contributed by atoms with Crippen LogP contribution in [0.4, 0.5) is 0 Å². The molecule has 2 aromatic heterocycles. The van der Waals surface area contributed by atoms with Crippen molar-refractivity contribution in [3.8, 4) is 56.4 Å². The Balaban J connectivity index is 1.28. The van der Waals surface area contributed by atoms with Crippen LogP contribution in [0, 0.1) is 0 Å². The van der Waals surface area contributed by atoms with Crippen molar-refractivity contribution in [3.05, 3.63) is 140 Å². The van der Waals surface area contributed by atoms with E-state index >= 15 is 0 Å². The summed E-state index contributed by atoms with van der Waals surface area (Å²) in [6.45, 7) is 0. The molecule has 218 valence electrons. The number of benzene rings is 6. The number of hydrogen-bond acceptors (Lipinski definition) is 6. The van der Waals surface area contributed by atoms with E-state index in [4.69, 9.17) is 19.4 Å². The van der Waals surface area contributed by atoms with Gasteiger partial charge in [-0.15, -0.1) is 0 Å². The monoisotopic (exact) mass is 613 g/mol. The van der Waals surface area contributed by atoms with Crippen molar-refractivity contribution in [1.29, 1.82) is 0 Å². The number of para-hydroxylation sites is 1. The first-order chi connectivity index (χ1) is 22.5. The maximum Gasteiger partial charge on any atom is 0.207 e. The number of aromatic nitrogens is 3. The minimum Gasteiger partial charge on any atom is -0.456 e. The fraction of sp³-hybridized carbons (Fsp3) is 0. The zero-order valence-electron chi connectivity index (χ0n) is 24.3. The smallest absolute Gasteiger partial charge is 0.207 e. The van der Waals surface area contributed by atoms with E-state index in [9.17, 15) is 8.42 Å². The second-order valence-electron chi connectivity index (χ2n) is 11.2. The molecular formula is C39H23N3O3S. The first-order valence-corrected chi connectivity index (χ1v) is 16.3. The van der Waals surface area contributed by atoms with Gasteiger partial charge < -0.3 is 4.42 Å². The second kappa shape index (κ2) is 10.1. The van der Waals surface area contributed by atoms with Gasteiger partial charge in [-0.1, -0.05) is 103 Å². The molecule has 0 N–H and O–H groups in total. The zero-order chi connectivity index (χ0) is 30.8. The molecule has 6 nitrogen and oxygen atoms in total. The first kappa shape index (κ1) is 26.5. The Morgan fingerprint density at radius 3 is 1.89 bits per heavy atom. The number of sulfone groups is 1.